The van der Waals surface area contributed by atoms with Gasteiger partial charge in [0.2, 0.25) is 12.3 Å². The topological polar surface area (TPSA) is 107 Å². The van der Waals surface area contributed by atoms with Crippen LogP contribution in [0.15, 0.2) is 97.7 Å². The lowest BCUT2D eigenvalue weighted by Gasteiger charge is -2.20. The van der Waals surface area contributed by atoms with Gasteiger partial charge >= 0.3 is 0 Å². The van der Waals surface area contributed by atoms with E-state index in [1.54, 1.807) is 36.6 Å². The van der Waals surface area contributed by atoms with Crippen molar-refractivity contribution < 1.29 is 22.8 Å². The number of aromatic nitrogens is 2. The van der Waals surface area contributed by atoms with Crippen molar-refractivity contribution >= 4 is 22.6 Å². The fourth-order valence-electron chi connectivity index (χ4n) is 3.92. The van der Waals surface area contributed by atoms with Gasteiger partial charge in [0.05, 0.1) is 6.26 Å². The van der Waals surface area contributed by atoms with Crippen LogP contribution in [0.4, 0.5) is 0 Å². The summed E-state index contributed by atoms with van der Waals surface area (Å²) in [6, 6.07) is 20.0. The molecule has 0 saturated carbocycles. The van der Waals surface area contributed by atoms with E-state index in [0.717, 1.165) is 16.5 Å². The molecule has 0 bridgehead atoms. The van der Waals surface area contributed by atoms with Gasteiger partial charge in [0, 0.05) is 17.4 Å². The Kier molecular flexibility index (Phi) is 4.91. The van der Waals surface area contributed by atoms with Crippen molar-refractivity contribution in [2.45, 2.75) is 12.5 Å². The summed E-state index contributed by atoms with van der Waals surface area (Å²) < 4.78 is 22.5. The second-order valence-corrected chi connectivity index (χ2v) is 7.73. The van der Waals surface area contributed by atoms with Gasteiger partial charge in [-0.15, -0.1) is 10.2 Å². The normalized spacial score (nSPS) is 15.6. The highest BCUT2D eigenvalue weighted by Crippen LogP contribution is 2.34. The Bertz CT molecular complexity index is 1420. The molecule has 1 amide bonds. The van der Waals surface area contributed by atoms with Gasteiger partial charge in [-0.1, -0.05) is 18.2 Å². The predicted octanol–water partition coefficient (Wildman–Crippen LogP) is 4.83. The molecule has 9 nitrogen and oxygen atoms in total. The summed E-state index contributed by atoms with van der Waals surface area (Å²) in [4.78, 5) is 13.1. The maximum atomic E-state index is 13.1. The second kappa shape index (κ2) is 8.36. The Morgan fingerprint density at radius 1 is 1.06 bits per heavy atom. The Hall–Kier alpha value is -4.66. The first-order chi connectivity index (χ1) is 16.7. The molecule has 0 spiro atoms. The number of hydrogen-bond donors (Lipinski definition) is 0. The molecule has 6 rings (SSSR count). The van der Waals surface area contributed by atoms with Crippen molar-refractivity contribution in [3.8, 4) is 17.2 Å². The Morgan fingerprint density at radius 3 is 2.71 bits per heavy atom. The van der Waals surface area contributed by atoms with Crippen LogP contribution < -0.4 is 4.74 Å². The van der Waals surface area contributed by atoms with Gasteiger partial charge in [0.1, 0.15) is 28.8 Å². The van der Waals surface area contributed by atoms with Gasteiger partial charge in [-0.3, -0.25) is 4.79 Å². The summed E-state index contributed by atoms with van der Waals surface area (Å²) in [5, 5.41) is 14.5. The summed E-state index contributed by atoms with van der Waals surface area (Å²) in [5.41, 5.74) is 2.20. The molecule has 1 aliphatic rings. The molecular weight excluding hydrogens is 436 g/mol. The van der Waals surface area contributed by atoms with Crippen LogP contribution in [-0.2, 0) is 4.79 Å². The zero-order valence-electron chi connectivity index (χ0n) is 17.8. The van der Waals surface area contributed by atoms with Crippen LogP contribution in [0.2, 0.25) is 0 Å². The highest BCUT2D eigenvalue weighted by molar-refractivity contribution is 6.03. The number of hydrazone groups is 1. The third-order valence-corrected chi connectivity index (χ3v) is 5.57. The molecule has 4 heterocycles. The molecule has 0 radical (unpaired) electrons. The molecule has 1 unspecified atom stereocenters. The van der Waals surface area contributed by atoms with E-state index >= 15 is 0 Å². The molecule has 2 aromatic carbocycles. The summed E-state index contributed by atoms with van der Waals surface area (Å²) >= 11 is 0. The number of fused-ring (bicyclic) bond motifs is 1. The number of nitrogens with zero attached hydrogens (tertiary/aromatic N) is 4. The first-order valence-electron chi connectivity index (χ1n) is 10.7. The van der Waals surface area contributed by atoms with Crippen molar-refractivity contribution in [1.82, 2.24) is 15.2 Å². The van der Waals surface area contributed by atoms with Crippen molar-refractivity contribution in [1.29, 1.82) is 0 Å². The SMILES string of the molecule is O=C(COc1ccc(-c2nnco2)cc1)N1N=C(c2cc3ccccc3o2)CC1c1ccco1. The van der Waals surface area contributed by atoms with Crippen LogP contribution in [0, 0.1) is 0 Å². The van der Waals surface area contributed by atoms with Gasteiger partial charge in [0.15, 0.2) is 12.4 Å². The van der Waals surface area contributed by atoms with Crippen LogP contribution in [-0.4, -0.2) is 33.4 Å². The van der Waals surface area contributed by atoms with Gasteiger partial charge in [-0.05, 0) is 48.5 Å². The average molecular weight is 454 g/mol. The summed E-state index contributed by atoms with van der Waals surface area (Å²) in [5.74, 6) is 1.92. The minimum atomic E-state index is -0.380. The van der Waals surface area contributed by atoms with Crippen molar-refractivity contribution in [3.63, 3.8) is 0 Å². The molecule has 9 heteroatoms. The third kappa shape index (κ3) is 3.73. The molecule has 1 aliphatic heterocycles. The fraction of sp³-hybridized carbons (Fsp3) is 0.120. The van der Waals surface area contributed by atoms with Gasteiger partial charge < -0.3 is 18.0 Å². The Morgan fingerprint density at radius 2 is 1.94 bits per heavy atom. The minimum Gasteiger partial charge on any atom is -0.484 e. The average Bonchev–Trinajstić information content (AvgIpc) is 3.68. The monoisotopic (exact) mass is 454 g/mol. The number of carbonyl (C=O) groups is 1. The lowest BCUT2D eigenvalue weighted by Crippen LogP contribution is -2.31. The zero-order valence-corrected chi connectivity index (χ0v) is 17.8. The zero-order chi connectivity index (χ0) is 22.9. The number of furan rings is 2. The highest BCUT2D eigenvalue weighted by Gasteiger charge is 2.36. The molecule has 3 aromatic heterocycles. The number of ether oxygens (including phenoxy) is 1. The fourth-order valence-corrected chi connectivity index (χ4v) is 3.92. The number of amides is 1. The number of benzene rings is 2. The third-order valence-electron chi connectivity index (χ3n) is 5.57. The minimum absolute atomic E-state index is 0.186. The molecule has 5 aromatic rings. The quantitative estimate of drug-likeness (QED) is 0.362. The van der Waals surface area contributed by atoms with Crippen molar-refractivity contribution in [2.75, 3.05) is 6.61 Å². The molecule has 0 aliphatic carbocycles. The molecule has 34 heavy (non-hydrogen) atoms. The Labute approximate surface area is 193 Å². The van der Waals surface area contributed by atoms with Crippen LogP contribution in [0.5, 0.6) is 5.75 Å². The molecule has 0 N–H and O–H groups in total. The van der Waals surface area contributed by atoms with E-state index in [0.29, 0.717) is 35.3 Å². The van der Waals surface area contributed by atoms with Crippen LogP contribution >= 0.6 is 0 Å². The lowest BCUT2D eigenvalue weighted by molar-refractivity contribution is -0.135. The van der Waals surface area contributed by atoms with E-state index < -0.39 is 0 Å². The van der Waals surface area contributed by atoms with Crippen molar-refractivity contribution in [3.05, 3.63) is 90.9 Å². The molecular formula is C25H18N4O5. The molecule has 168 valence electrons. The van der Waals surface area contributed by atoms with E-state index in [-0.39, 0.29) is 18.6 Å². The first-order valence-corrected chi connectivity index (χ1v) is 10.7. The first kappa shape index (κ1) is 20.0. The van der Waals surface area contributed by atoms with Crippen LogP contribution in [0.25, 0.3) is 22.4 Å². The van der Waals surface area contributed by atoms with Crippen LogP contribution in [0.1, 0.15) is 24.0 Å². The largest absolute Gasteiger partial charge is 0.484 e. The van der Waals surface area contributed by atoms with Gasteiger partial charge in [-0.25, -0.2) is 5.01 Å². The summed E-state index contributed by atoms with van der Waals surface area (Å²) in [6.07, 6.45) is 3.32. The standard InChI is InChI=1S/C25H18N4O5/c30-24(14-32-18-9-7-16(8-10-18)25-27-26-15-33-25)29-20(22-6-3-11-31-22)13-19(28-29)23-12-17-4-1-2-5-21(17)34-23/h1-12,15,20H,13-14H2. The summed E-state index contributed by atoms with van der Waals surface area (Å²) in [7, 11) is 0. The second-order valence-electron chi connectivity index (χ2n) is 7.73. The number of carbonyl (C=O) groups excluding carboxylic acids is 1. The van der Waals surface area contributed by atoms with Crippen LogP contribution in [0.3, 0.4) is 0 Å². The summed E-state index contributed by atoms with van der Waals surface area (Å²) in [6.45, 7) is -0.186. The maximum absolute atomic E-state index is 13.1. The van der Waals surface area contributed by atoms with E-state index in [1.165, 1.54) is 11.4 Å². The molecule has 1 atom stereocenters. The number of para-hydroxylation sites is 1. The van der Waals surface area contributed by atoms with E-state index in [1.807, 2.05) is 36.4 Å². The van der Waals surface area contributed by atoms with E-state index in [4.69, 9.17) is 18.0 Å². The molecule has 0 fully saturated rings. The maximum Gasteiger partial charge on any atom is 0.281 e. The van der Waals surface area contributed by atoms with E-state index in [2.05, 4.69) is 15.3 Å². The lowest BCUT2D eigenvalue weighted by atomic mass is 10.1. The number of rotatable bonds is 6. The highest BCUT2D eigenvalue weighted by atomic mass is 16.5. The van der Waals surface area contributed by atoms with Crippen molar-refractivity contribution in [2.24, 2.45) is 5.10 Å². The predicted molar refractivity (Wildman–Crippen MR) is 121 cm³/mol. The number of hydrogen-bond acceptors (Lipinski definition) is 8. The van der Waals surface area contributed by atoms with E-state index in [9.17, 15) is 4.79 Å². The Balaban J connectivity index is 1.21. The van der Waals surface area contributed by atoms with Gasteiger partial charge in [-0.2, -0.15) is 5.10 Å². The molecule has 0 saturated heterocycles. The van der Waals surface area contributed by atoms with Gasteiger partial charge in [0.25, 0.3) is 5.91 Å². The smallest absolute Gasteiger partial charge is 0.281 e.